The van der Waals surface area contributed by atoms with Gasteiger partial charge in [-0.3, -0.25) is 4.79 Å². The number of tetrazole rings is 1. The predicted octanol–water partition coefficient (Wildman–Crippen LogP) is 0.0238. The van der Waals surface area contributed by atoms with E-state index >= 15 is 0 Å². The van der Waals surface area contributed by atoms with Gasteiger partial charge in [0, 0.05) is 18.6 Å². The van der Waals surface area contributed by atoms with Gasteiger partial charge in [0.25, 0.3) is 5.91 Å². The molecule has 1 aliphatic heterocycles. The summed E-state index contributed by atoms with van der Waals surface area (Å²) < 4.78 is 1.51. The number of carbonyl (C=O) groups is 1. The second-order valence-corrected chi connectivity index (χ2v) is 5.75. The fourth-order valence-corrected chi connectivity index (χ4v) is 2.92. The second-order valence-electron chi connectivity index (χ2n) is 5.75. The summed E-state index contributed by atoms with van der Waals surface area (Å²) >= 11 is 0. The molecule has 1 saturated carbocycles. The molecule has 2 aliphatic rings. The normalized spacial score (nSPS) is 21.0. The largest absolute Gasteiger partial charge is 0.330 e. The van der Waals surface area contributed by atoms with E-state index in [1.54, 1.807) is 12.3 Å². The summed E-state index contributed by atoms with van der Waals surface area (Å²) in [5, 5.41) is 14.3. The molecule has 4 rings (SSSR count). The smallest absolute Gasteiger partial charge is 0.272 e. The van der Waals surface area contributed by atoms with E-state index in [2.05, 4.69) is 25.8 Å². The number of rotatable bonds is 4. The SMILES string of the molecule is O=C(c1ccc(-n2cnnn2)cn1)N(C1CC1)C1CCNC1. The van der Waals surface area contributed by atoms with Gasteiger partial charge in [-0.1, -0.05) is 0 Å². The zero-order chi connectivity index (χ0) is 14.9. The van der Waals surface area contributed by atoms with Crippen molar-refractivity contribution in [3.63, 3.8) is 0 Å². The summed E-state index contributed by atoms with van der Waals surface area (Å²) in [4.78, 5) is 19.1. The fraction of sp³-hybridized carbons (Fsp3) is 0.500. The Hall–Kier alpha value is -2.35. The molecule has 0 aromatic carbocycles. The van der Waals surface area contributed by atoms with Crippen molar-refractivity contribution in [3.05, 3.63) is 30.4 Å². The topological polar surface area (TPSA) is 88.8 Å². The van der Waals surface area contributed by atoms with E-state index in [4.69, 9.17) is 0 Å². The third kappa shape index (κ3) is 2.45. The number of carbonyl (C=O) groups excluding carboxylic acids is 1. The minimum atomic E-state index is 0.0273. The van der Waals surface area contributed by atoms with Gasteiger partial charge in [0.05, 0.1) is 11.9 Å². The predicted molar refractivity (Wildman–Crippen MR) is 77.4 cm³/mol. The highest BCUT2D eigenvalue weighted by atomic mass is 16.2. The zero-order valence-corrected chi connectivity index (χ0v) is 12.1. The van der Waals surface area contributed by atoms with E-state index in [1.807, 2.05) is 11.0 Å². The average Bonchev–Trinajstić information content (AvgIpc) is 3.04. The third-order valence-electron chi connectivity index (χ3n) is 4.18. The Morgan fingerprint density at radius 3 is 2.77 bits per heavy atom. The molecule has 2 aromatic heterocycles. The first-order chi connectivity index (χ1) is 10.8. The van der Waals surface area contributed by atoms with Crippen molar-refractivity contribution in [2.45, 2.75) is 31.3 Å². The van der Waals surface area contributed by atoms with Crippen molar-refractivity contribution >= 4 is 5.91 Å². The number of nitrogens with zero attached hydrogens (tertiary/aromatic N) is 6. The van der Waals surface area contributed by atoms with Crippen LogP contribution in [-0.2, 0) is 0 Å². The molecule has 0 radical (unpaired) electrons. The summed E-state index contributed by atoms with van der Waals surface area (Å²) in [6.45, 7) is 1.86. The van der Waals surface area contributed by atoms with Crippen LogP contribution < -0.4 is 5.32 Å². The summed E-state index contributed by atoms with van der Waals surface area (Å²) in [7, 11) is 0. The van der Waals surface area contributed by atoms with Crippen molar-refractivity contribution < 1.29 is 4.79 Å². The lowest BCUT2D eigenvalue weighted by atomic mass is 10.2. The maximum absolute atomic E-state index is 12.8. The van der Waals surface area contributed by atoms with Crippen LogP contribution in [-0.4, -0.2) is 61.2 Å². The first-order valence-electron chi connectivity index (χ1n) is 7.56. The molecule has 114 valence electrons. The van der Waals surface area contributed by atoms with Gasteiger partial charge < -0.3 is 10.2 Å². The number of hydrogen-bond donors (Lipinski definition) is 1. The fourth-order valence-electron chi connectivity index (χ4n) is 2.92. The lowest BCUT2D eigenvalue weighted by Crippen LogP contribution is -2.43. The summed E-state index contributed by atoms with van der Waals surface area (Å²) in [5.74, 6) is 0.0273. The van der Waals surface area contributed by atoms with Crippen LogP contribution in [0.15, 0.2) is 24.7 Å². The van der Waals surface area contributed by atoms with Crippen LogP contribution >= 0.6 is 0 Å². The number of hydrogen-bond acceptors (Lipinski definition) is 6. The Bertz CT molecular complexity index is 644. The Balaban J connectivity index is 1.56. The average molecular weight is 299 g/mol. The van der Waals surface area contributed by atoms with Gasteiger partial charge in [-0.15, -0.1) is 5.10 Å². The van der Waals surface area contributed by atoms with Crippen LogP contribution in [0.1, 0.15) is 29.8 Å². The van der Waals surface area contributed by atoms with Gasteiger partial charge in [-0.05, 0) is 48.4 Å². The van der Waals surface area contributed by atoms with E-state index in [0.717, 1.165) is 38.0 Å². The summed E-state index contributed by atoms with van der Waals surface area (Å²) in [6, 6.07) is 4.24. The minimum absolute atomic E-state index is 0.0273. The van der Waals surface area contributed by atoms with Crippen LogP contribution in [0.3, 0.4) is 0 Å². The molecule has 2 fully saturated rings. The van der Waals surface area contributed by atoms with Gasteiger partial charge in [-0.2, -0.15) is 4.68 Å². The lowest BCUT2D eigenvalue weighted by Gasteiger charge is -2.28. The molecule has 8 heteroatoms. The van der Waals surface area contributed by atoms with Crippen LogP contribution in [0.4, 0.5) is 0 Å². The molecule has 0 spiro atoms. The van der Waals surface area contributed by atoms with Crippen molar-refractivity contribution in [3.8, 4) is 5.69 Å². The Kier molecular flexibility index (Phi) is 3.30. The first-order valence-corrected chi connectivity index (χ1v) is 7.56. The Labute approximate surface area is 127 Å². The number of aromatic nitrogens is 5. The molecular formula is C14H17N7O. The van der Waals surface area contributed by atoms with E-state index in [1.165, 1.54) is 11.0 Å². The highest BCUT2D eigenvalue weighted by Crippen LogP contribution is 2.31. The van der Waals surface area contributed by atoms with Gasteiger partial charge in [-0.25, -0.2) is 4.98 Å². The van der Waals surface area contributed by atoms with Crippen molar-refractivity contribution in [1.29, 1.82) is 0 Å². The standard InChI is InChI=1S/C14H17N7O/c22-14(21(10-1-2-10)12-5-6-15-7-12)13-4-3-11(8-16-13)20-9-17-18-19-20/h3-4,8-10,12,15H,1-2,5-7H2. The maximum atomic E-state index is 12.8. The second kappa shape index (κ2) is 5.45. The molecule has 8 nitrogen and oxygen atoms in total. The molecule has 2 aromatic rings. The molecule has 22 heavy (non-hydrogen) atoms. The molecule has 1 aliphatic carbocycles. The van der Waals surface area contributed by atoms with Crippen molar-refractivity contribution in [1.82, 2.24) is 35.4 Å². The molecule has 1 unspecified atom stereocenters. The van der Waals surface area contributed by atoms with Gasteiger partial charge in [0.2, 0.25) is 0 Å². The quantitative estimate of drug-likeness (QED) is 0.856. The molecule has 1 N–H and O–H groups in total. The van der Waals surface area contributed by atoms with Crippen LogP contribution in [0.2, 0.25) is 0 Å². The number of nitrogens with one attached hydrogen (secondary N) is 1. The molecular weight excluding hydrogens is 282 g/mol. The van der Waals surface area contributed by atoms with Crippen molar-refractivity contribution in [2.75, 3.05) is 13.1 Å². The Morgan fingerprint density at radius 2 is 2.18 bits per heavy atom. The van der Waals surface area contributed by atoms with Crippen LogP contribution in [0, 0.1) is 0 Å². The molecule has 1 saturated heterocycles. The molecule has 0 bridgehead atoms. The van der Waals surface area contributed by atoms with Crippen molar-refractivity contribution in [2.24, 2.45) is 0 Å². The minimum Gasteiger partial charge on any atom is -0.330 e. The molecule has 1 amide bonds. The van der Waals surface area contributed by atoms with Gasteiger partial charge >= 0.3 is 0 Å². The van der Waals surface area contributed by atoms with E-state index < -0.39 is 0 Å². The highest BCUT2D eigenvalue weighted by molar-refractivity contribution is 5.93. The number of amides is 1. The van der Waals surface area contributed by atoms with Gasteiger partial charge in [0.15, 0.2) is 0 Å². The lowest BCUT2D eigenvalue weighted by molar-refractivity contribution is 0.0669. The highest BCUT2D eigenvalue weighted by Gasteiger charge is 2.39. The summed E-state index contributed by atoms with van der Waals surface area (Å²) in [6.07, 6.45) is 6.35. The van der Waals surface area contributed by atoms with Gasteiger partial charge in [0.1, 0.15) is 12.0 Å². The zero-order valence-electron chi connectivity index (χ0n) is 12.1. The van der Waals surface area contributed by atoms with E-state index in [-0.39, 0.29) is 5.91 Å². The Morgan fingerprint density at radius 1 is 1.27 bits per heavy atom. The third-order valence-corrected chi connectivity index (χ3v) is 4.18. The van der Waals surface area contributed by atoms with E-state index in [9.17, 15) is 4.79 Å². The van der Waals surface area contributed by atoms with E-state index in [0.29, 0.717) is 17.8 Å². The number of pyridine rings is 1. The van der Waals surface area contributed by atoms with Crippen LogP contribution in [0.5, 0.6) is 0 Å². The molecule has 1 atom stereocenters. The maximum Gasteiger partial charge on any atom is 0.272 e. The molecule has 3 heterocycles. The van der Waals surface area contributed by atoms with Crippen LogP contribution in [0.25, 0.3) is 5.69 Å². The first kappa shape index (κ1) is 13.3. The monoisotopic (exact) mass is 299 g/mol. The summed E-state index contributed by atoms with van der Waals surface area (Å²) in [5.41, 5.74) is 1.22.